The van der Waals surface area contributed by atoms with Gasteiger partial charge in [0.05, 0.1) is 5.56 Å². The fourth-order valence-electron chi connectivity index (χ4n) is 1.30. The van der Waals surface area contributed by atoms with Crippen molar-refractivity contribution in [3.63, 3.8) is 0 Å². The molecule has 72 valence electrons. The zero-order chi connectivity index (χ0) is 10.3. The molecule has 0 amide bonds. The Morgan fingerprint density at radius 2 is 2.07 bits per heavy atom. The summed E-state index contributed by atoms with van der Waals surface area (Å²) in [5.74, 6) is -1.44. The van der Waals surface area contributed by atoms with Crippen LogP contribution in [0.25, 0.3) is 0 Å². The van der Waals surface area contributed by atoms with Gasteiger partial charge in [0.1, 0.15) is 0 Å². The first-order valence-electron chi connectivity index (χ1n) is 3.89. The molecule has 1 aliphatic rings. The molecule has 0 radical (unpaired) electrons. The second-order valence-corrected chi connectivity index (χ2v) is 3.35. The molecule has 0 saturated carbocycles. The number of hydrogen-bond acceptors (Lipinski definition) is 4. The fourth-order valence-corrected chi connectivity index (χ4v) is 1.53. The molecule has 4 nitrogen and oxygen atoms in total. The lowest BCUT2D eigenvalue weighted by Crippen LogP contribution is -2.25. The Bertz CT molecular complexity index is 430. The second kappa shape index (κ2) is 2.99. The third kappa shape index (κ3) is 1.24. The molecule has 2 N–H and O–H groups in total. The maximum atomic E-state index is 11.2. The van der Waals surface area contributed by atoms with Crippen LogP contribution in [0, 0.1) is 0 Å². The molecule has 0 spiro atoms. The molecule has 1 atom stereocenters. The van der Waals surface area contributed by atoms with Gasteiger partial charge in [0.15, 0.2) is 5.38 Å². The number of hydrogen-bond donors (Lipinski definition) is 1. The van der Waals surface area contributed by atoms with Gasteiger partial charge in [0.25, 0.3) is 0 Å². The molecule has 2 rings (SSSR count). The average Bonchev–Trinajstić information content (AvgIpc) is 2.14. The summed E-state index contributed by atoms with van der Waals surface area (Å²) < 4.78 is 4.41. The van der Waals surface area contributed by atoms with Crippen LogP contribution in [-0.2, 0) is 9.53 Å². The van der Waals surface area contributed by atoms with Crippen molar-refractivity contribution >= 4 is 29.2 Å². The van der Waals surface area contributed by atoms with Crippen molar-refractivity contribution in [1.82, 2.24) is 0 Å². The smallest absolute Gasteiger partial charge is 0.346 e. The number of fused-ring (bicyclic) bond motifs is 1. The largest absolute Gasteiger partial charge is 0.399 e. The van der Waals surface area contributed by atoms with Crippen LogP contribution in [0.4, 0.5) is 5.69 Å². The fraction of sp³-hybridized carbons (Fsp3) is 0.111. The van der Waals surface area contributed by atoms with E-state index >= 15 is 0 Å². The van der Waals surface area contributed by atoms with Crippen LogP contribution >= 0.6 is 11.6 Å². The van der Waals surface area contributed by atoms with Crippen molar-refractivity contribution in [3.8, 4) is 0 Å². The van der Waals surface area contributed by atoms with Crippen molar-refractivity contribution in [2.45, 2.75) is 5.38 Å². The molecular formula is C9H6ClNO3. The molecule has 1 unspecified atom stereocenters. The number of anilines is 1. The molecular weight excluding hydrogens is 206 g/mol. The summed E-state index contributed by atoms with van der Waals surface area (Å²) in [6, 6.07) is 4.58. The maximum Gasteiger partial charge on any atom is 0.346 e. The Kier molecular flexibility index (Phi) is 1.93. The topological polar surface area (TPSA) is 69.4 Å². The van der Waals surface area contributed by atoms with E-state index in [0.29, 0.717) is 11.3 Å². The molecule has 0 fully saturated rings. The van der Waals surface area contributed by atoms with E-state index in [9.17, 15) is 9.59 Å². The standard InChI is InChI=1S/C9H6ClNO3/c10-7-5-2-1-4(11)3-6(5)8(12)14-9(7)13/h1-3,7H,11H2. The molecule has 0 saturated heterocycles. The first kappa shape index (κ1) is 9.02. The van der Waals surface area contributed by atoms with Gasteiger partial charge in [-0.1, -0.05) is 6.07 Å². The van der Waals surface area contributed by atoms with E-state index in [1.807, 2.05) is 0 Å². The Hall–Kier alpha value is -1.55. The van der Waals surface area contributed by atoms with E-state index in [-0.39, 0.29) is 5.56 Å². The number of nitrogen functional groups attached to an aromatic ring is 1. The number of carbonyl (C=O) groups is 2. The molecule has 1 aromatic rings. The highest BCUT2D eigenvalue weighted by molar-refractivity contribution is 6.32. The highest BCUT2D eigenvalue weighted by atomic mass is 35.5. The van der Waals surface area contributed by atoms with Crippen LogP contribution in [0.5, 0.6) is 0 Å². The molecule has 1 heterocycles. The quantitative estimate of drug-likeness (QED) is 0.303. The molecule has 14 heavy (non-hydrogen) atoms. The highest BCUT2D eigenvalue weighted by Crippen LogP contribution is 2.31. The van der Waals surface area contributed by atoms with Crippen molar-refractivity contribution in [1.29, 1.82) is 0 Å². The number of benzene rings is 1. The minimum absolute atomic E-state index is 0.254. The lowest BCUT2D eigenvalue weighted by Gasteiger charge is -2.18. The predicted octanol–water partition coefficient (Wildman–Crippen LogP) is 1.25. The summed E-state index contributed by atoms with van der Waals surface area (Å²) >= 11 is 5.75. The molecule has 0 aliphatic carbocycles. The maximum absolute atomic E-state index is 11.2. The van der Waals surface area contributed by atoms with Gasteiger partial charge in [-0.15, -0.1) is 11.6 Å². The van der Waals surface area contributed by atoms with Crippen molar-refractivity contribution in [3.05, 3.63) is 29.3 Å². The zero-order valence-corrected chi connectivity index (χ0v) is 7.75. The number of halogens is 1. The van der Waals surface area contributed by atoms with Crippen molar-refractivity contribution in [2.24, 2.45) is 0 Å². The number of ether oxygens (including phenoxy) is 1. The first-order chi connectivity index (χ1) is 6.59. The normalized spacial score (nSPS) is 20.2. The van der Waals surface area contributed by atoms with E-state index in [4.69, 9.17) is 17.3 Å². The van der Waals surface area contributed by atoms with E-state index in [2.05, 4.69) is 4.74 Å². The summed E-state index contributed by atoms with van der Waals surface area (Å²) in [5.41, 5.74) is 6.62. The second-order valence-electron chi connectivity index (χ2n) is 2.92. The number of carbonyl (C=O) groups excluding carboxylic acids is 2. The summed E-state index contributed by atoms with van der Waals surface area (Å²) in [4.78, 5) is 22.3. The van der Waals surface area contributed by atoms with Gasteiger partial charge in [0.2, 0.25) is 0 Å². The van der Waals surface area contributed by atoms with Crippen molar-refractivity contribution < 1.29 is 14.3 Å². The van der Waals surface area contributed by atoms with Gasteiger partial charge in [-0.05, 0) is 17.7 Å². The van der Waals surface area contributed by atoms with Gasteiger partial charge < -0.3 is 10.5 Å². The first-order valence-corrected chi connectivity index (χ1v) is 4.33. The minimum atomic E-state index is -0.928. The van der Waals surface area contributed by atoms with E-state index in [0.717, 1.165) is 0 Å². The third-order valence-corrected chi connectivity index (χ3v) is 2.38. The molecule has 0 bridgehead atoms. The lowest BCUT2D eigenvalue weighted by molar-refractivity contribution is -0.138. The monoisotopic (exact) mass is 211 g/mol. The summed E-state index contributed by atoms with van der Waals surface area (Å²) in [6.07, 6.45) is 0. The number of rotatable bonds is 0. The Labute approximate surface area is 84.6 Å². The Morgan fingerprint density at radius 3 is 2.79 bits per heavy atom. The van der Waals surface area contributed by atoms with E-state index in [1.54, 1.807) is 12.1 Å². The van der Waals surface area contributed by atoms with Crippen LogP contribution in [0.1, 0.15) is 21.3 Å². The van der Waals surface area contributed by atoms with Gasteiger partial charge in [-0.2, -0.15) is 0 Å². The number of nitrogens with two attached hydrogens (primary N) is 1. The van der Waals surface area contributed by atoms with Crippen LogP contribution in [0.3, 0.4) is 0 Å². The molecule has 5 heteroatoms. The SMILES string of the molecule is Nc1ccc2c(c1)C(=O)OC(=O)C2Cl. The van der Waals surface area contributed by atoms with E-state index in [1.165, 1.54) is 6.07 Å². The highest BCUT2D eigenvalue weighted by Gasteiger charge is 2.32. The number of alkyl halides is 1. The van der Waals surface area contributed by atoms with Crippen LogP contribution < -0.4 is 5.73 Å². The molecule has 0 aromatic heterocycles. The van der Waals surface area contributed by atoms with Gasteiger partial charge in [-0.3, -0.25) is 0 Å². The Morgan fingerprint density at radius 1 is 1.36 bits per heavy atom. The predicted molar refractivity (Wildman–Crippen MR) is 49.9 cm³/mol. The summed E-state index contributed by atoms with van der Waals surface area (Å²) in [5, 5.41) is -0.928. The summed E-state index contributed by atoms with van der Waals surface area (Å²) in [6.45, 7) is 0. The summed E-state index contributed by atoms with van der Waals surface area (Å²) in [7, 11) is 0. The van der Waals surface area contributed by atoms with Crippen LogP contribution in [-0.4, -0.2) is 11.9 Å². The van der Waals surface area contributed by atoms with Crippen molar-refractivity contribution in [2.75, 3.05) is 5.73 Å². The minimum Gasteiger partial charge on any atom is -0.399 e. The number of esters is 2. The number of cyclic esters (lactones) is 2. The Balaban J connectivity index is 2.61. The zero-order valence-electron chi connectivity index (χ0n) is 6.99. The van der Waals surface area contributed by atoms with Gasteiger partial charge in [-0.25, -0.2) is 9.59 Å². The van der Waals surface area contributed by atoms with Crippen LogP contribution in [0.15, 0.2) is 18.2 Å². The van der Waals surface area contributed by atoms with Gasteiger partial charge >= 0.3 is 11.9 Å². The van der Waals surface area contributed by atoms with Gasteiger partial charge in [0, 0.05) is 5.69 Å². The third-order valence-electron chi connectivity index (χ3n) is 1.97. The van der Waals surface area contributed by atoms with Crippen LogP contribution in [0.2, 0.25) is 0 Å². The molecule has 1 aliphatic heterocycles. The van der Waals surface area contributed by atoms with E-state index < -0.39 is 17.3 Å². The average molecular weight is 212 g/mol. The molecule has 1 aromatic carbocycles. The lowest BCUT2D eigenvalue weighted by atomic mass is 10.0.